The Morgan fingerprint density at radius 1 is 1.15 bits per heavy atom. The van der Waals surface area contributed by atoms with Crippen molar-refractivity contribution in [2.45, 2.75) is 31.7 Å². The summed E-state index contributed by atoms with van der Waals surface area (Å²) in [7, 11) is 2.58. The van der Waals surface area contributed by atoms with E-state index in [1.54, 1.807) is 0 Å². The Balaban J connectivity index is 2.11. The minimum atomic E-state index is -4.75. The molecular formula is C17H20F3NO5. The Kier molecular flexibility index (Phi) is 6.33. The van der Waals surface area contributed by atoms with Gasteiger partial charge in [0.15, 0.2) is 0 Å². The first-order valence-corrected chi connectivity index (χ1v) is 8.00. The fourth-order valence-corrected chi connectivity index (χ4v) is 3.08. The molecule has 2 atom stereocenters. The van der Waals surface area contributed by atoms with E-state index in [0.717, 1.165) is 0 Å². The van der Waals surface area contributed by atoms with Gasteiger partial charge in [0.2, 0.25) is 0 Å². The molecule has 1 amide bonds. The van der Waals surface area contributed by atoms with Crippen molar-refractivity contribution < 1.29 is 37.0 Å². The average molecular weight is 375 g/mol. The Morgan fingerprint density at radius 3 is 2.35 bits per heavy atom. The Morgan fingerprint density at radius 2 is 1.81 bits per heavy atom. The second kappa shape index (κ2) is 8.29. The van der Waals surface area contributed by atoms with E-state index < -0.39 is 12.5 Å². The maximum absolute atomic E-state index is 12.2. The SMILES string of the molecule is COC(=O)C1CCN(C(=O)OC)C(Cc2ccc(OC(F)(F)F)cc2)C1. The fraction of sp³-hybridized carbons (Fsp3) is 0.529. The molecule has 0 spiro atoms. The predicted octanol–water partition coefficient (Wildman–Crippen LogP) is 3.15. The first kappa shape index (κ1) is 19.9. The van der Waals surface area contributed by atoms with E-state index in [4.69, 9.17) is 9.47 Å². The van der Waals surface area contributed by atoms with Crippen LogP contribution in [-0.2, 0) is 20.7 Å². The highest BCUT2D eigenvalue weighted by Crippen LogP contribution is 2.28. The molecule has 0 saturated carbocycles. The summed E-state index contributed by atoms with van der Waals surface area (Å²) in [5, 5.41) is 0. The van der Waals surface area contributed by atoms with Crippen molar-refractivity contribution in [3.05, 3.63) is 29.8 Å². The van der Waals surface area contributed by atoms with Crippen LogP contribution in [0.1, 0.15) is 18.4 Å². The maximum atomic E-state index is 12.2. The van der Waals surface area contributed by atoms with Gasteiger partial charge < -0.3 is 19.1 Å². The van der Waals surface area contributed by atoms with Gasteiger partial charge in [-0.1, -0.05) is 12.1 Å². The molecule has 9 heteroatoms. The molecule has 1 heterocycles. The first-order chi connectivity index (χ1) is 12.2. The lowest BCUT2D eigenvalue weighted by Crippen LogP contribution is -2.48. The molecule has 0 aliphatic carbocycles. The van der Waals surface area contributed by atoms with E-state index in [0.29, 0.717) is 31.4 Å². The number of benzene rings is 1. The number of rotatable bonds is 4. The number of nitrogens with zero attached hydrogens (tertiary/aromatic N) is 1. The molecule has 6 nitrogen and oxygen atoms in total. The van der Waals surface area contributed by atoms with Crippen LogP contribution in [0.15, 0.2) is 24.3 Å². The predicted molar refractivity (Wildman–Crippen MR) is 84.5 cm³/mol. The molecule has 1 aromatic carbocycles. The van der Waals surface area contributed by atoms with E-state index in [2.05, 4.69) is 4.74 Å². The molecule has 0 bridgehead atoms. The summed E-state index contributed by atoms with van der Waals surface area (Å²) in [6.45, 7) is 0.340. The summed E-state index contributed by atoms with van der Waals surface area (Å²) < 4.78 is 50.1. The zero-order valence-corrected chi connectivity index (χ0v) is 14.4. The molecule has 0 aromatic heterocycles. The zero-order valence-electron chi connectivity index (χ0n) is 14.4. The van der Waals surface area contributed by atoms with Crippen molar-refractivity contribution in [1.29, 1.82) is 0 Å². The summed E-state index contributed by atoms with van der Waals surface area (Å²) in [4.78, 5) is 25.3. The molecule has 2 rings (SSSR count). The van der Waals surface area contributed by atoms with Gasteiger partial charge in [-0.2, -0.15) is 0 Å². The summed E-state index contributed by atoms with van der Waals surface area (Å²) in [5.74, 6) is -0.991. The minimum absolute atomic E-state index is 0.317. The number of carbonyl (C=O) groups is 2. The van der Waals surface area contributed by atoms with Crippen LogP contribution in [0.5, 0.6) is 5.75 Å². The Hall–Kier alpha value is -2.45. The van der Waals surface area contributed by atoms with E-state index in [1.807, 2.05) is 0 Å². The highest BCUT2D eigenvalue weighted by Gasteiger charge is 2.36. The van der Waals surface area contributed by atoms with E-state index in [-0.39, 0.29) is 23.7 Å². The number of esters is 1. The Bertz CT molecular complexity index is 632. The number of alkyl halides is 3. The highest BCUT2D eigenvalue weighted by atomic mass is 19.4. The van der Waals surface area contributed by atoms with Crippen LogP contribution in [0, 0.1) is 5.92 Å². The third-order valence-electron chi connectivity index (χ3n) is 4.29. The van der Waals surface area contributed by atoms with Crippen LogP contribution < -0.4 is 4.74 Å². The first-order valence-electron chi connectivity index (χ1n) is 8.00. The van der Waals surface area contributed by atoms with Crippen LogP contribution in [0.4, 0.5) is 18.0 Å². The lowest BCUT2D eigenvalue weighted by atomic mass is 9.88. The van der Waals surface area contributed by atoms with E-state index in [1.165, 1.54) is 43.4 Å². The molecule has 1 aromatic rings. The summed E-state index contributed by atoms with van der Waals surface area (Å²) in [6, 6.07) is 5.10. The molecule has 0 radical (unpaired) electrons. The summed E-state index contributed by atoms with van der Waals surface area (Å²) in [5.41, 5.74) is 0.712. The number of carbonyl (C=O) groups excluding carboxylic acids is 2. The number of hydrogen-bond acceptors (Lipinski definition) is 5. The Labute approximate surface area is 148 Å². The van der Waals surface area contributed by atoms with Crippen molar-refractivity contribution in [3.8, 4) is 5.75 Å². The van der Waals surface area contributed by atoms with Crippen molar-refractivity contribution >= 4 is 12.1 Å². The molecular weight excluding hydrogens is 355 g/mol. The van der Waals surface area contributed by atoms with Crippen LogP contribution in [0.3, 0.4) is 0 Å². The van der Waals surface area contributed by atoms with E-state index in [9.17, 15) is 22.8 Å². The van der Waals surface area contributed by atoms with Gasteiger partial charge in [-0.25, -0.2) is 4.79 Å². The standard InChI is InChI=1S/C17H20F3NO5/c1-24-15(22)12-7-8-21(16(23)25-2)13(10-12)9-11-3-5-14(6-4-11)26-17(18,19)20/h3-6,12-13H,7-10H2,1-2H3. The summed E-state index contributed by atoms with van der Waals surface area (Å²) >= 11 is 0. The molecule has 1 saturated heterocycles. The zero-order chi connectivity index (χ0) is 19.3. The lowest BCUT2D eigenvalue weighted by Gasteiger charge is -2.37. The third kappa shape index (κ3) is 5.27. The minimum Gasteiger partial charge on any atom is -0.469 e. The van der Waals surface area contributed by atoms with Gasteiger partial charge in [0.1, 0.15) is 5.75 Å². The van der Waals surface area contributed by atoms with Crippen molar-refractivity contribution in [3.63, 3.8) is 0 Å². The van der Waals surface area contributed by atoms with Gasteiger partial charge in [-0.05, 0) is 37.0 Å². The number of hydrogen-bond donors (Lipinski definition) is 0. The molecule has 26 heavy (non-hydrogen) atoms. The second-order valence-corrected chi connectivity index (χ2v) is 5.96. The molecule has 144 valence electrons. The number of halogens is 3. The van der Waals surface area contributed by atoms with Gasteiger partial charge in [0.05, 0.1) is 20.1 Å². The van der Waals surface area contributed by atoms with E-state index >= 15 is 0 Å². The maximum Gasteiger partial charge on any atom is 0.573 e. The normalized spacial score (nSPS) is 20.4. The van der Waals surface area contributed by atoms with Crippen molar-refractivity contribution in [2.24, 2.45) is 5.92 Å². The second-order valence-electron chi connectivity index (χ2n) is 5.96. The van der Waals surface area contributed by atoms with Gasteiger partial charge in [0, 0.05) is 12.6 Å². The van der Waals surface area contributed by atoms with Crippen molar-refractivity contribution in [2.75, 3.05) is 20.8 Å². The topological polar surface area (TPSA) is 65.1 Å². The molecule has 1 aliphatic rings. The van der Waals surface area contributed by atoms with Gasteiger partial charge in [-0.3, -0.25) is 4.79 Å². The molecule has 1 fully saturated rings. The number of likely N-dealkylation sites (tertiary alicyclic amines) is 1. The van der Waals surface area contributed by atoms with Crippen LogP contribution in [0.2, 0.25) is 0 Å². The highest BCUT2D eigenvalue weighted by molar-refractivity contribution is 5.73. The van der Waals surface area contributed by atoms with Gasteiger partial charge >= 0.3 is 18.4 Å². The van der Waals surface area contributed by atoms with Crippen LogP contribution in [0.25, 0.3) is 0 Å². The average Bonchev–Trinajstić information content (AvgIpc) is 2.60. The van der Waals surface area contributed by atoms with Crippen LogP contribution >= 0.6 is 0 Å². The lowest BCUT2D eigenvalue weighted by molar-refractivity contribution is -0.274. The largest absolute Gasteiger partial charge is 0.573 e. The molecule has 1 aliphatic heterocycles. The molecule has 0 N–H and O–H groups in total. The summed E-state index contributed by atoms with van der Waals surface area (Å²) in [6.07, 6.45) is -4.02. The fourth-order valence-electron chi connectivity index (χ4n) is 3.08. The number of piperidine rings is 1. The molecule has 2 unspecified atom stereocenters. The van der Waals surface area contributed by atoms with Crippen LogP contribution in [-0.4, -0.2) is 50.1 Å². The number of ether oxygens (including phenoxy) is 3. The van der Waals surface area contributed by atoms with Gasteiger partial charge in [-0.15, -0.1) is 13.2 Å². The van der Waals surface area contributed by atoms with Gasteiger partial charge in [0.25, 0.3) is 0 Å². The monoisotopic (exact) mass is 375 g/mol. The number of amides is 1. The van der Waals surface area contributed by atoms with Crippen molar-refractivity contribution in [1.82, 2.24) is 4.90 Å². The smallest absolute Gasteiger partial charge is 0.469 e. The quantitative estimate of drug-likeness (QED) is 0.757. The number of methoxy groups -OCH3 is 2. The third-order valence-corrected chi connectivity index (χ3v) is 4.29.